The molecule has 0 radical (unpaired) electrons. The molecule has 1 aliphatic rings. The van der Waals surface area contributed by atoms with Crippen LogP contribution in [0.5, 0.6) is 0 Å². The third-order valence-electron chi connectivity index (χ3n) is 5.91. The van der Waals surface area contributed by atoms with Gasteiger partial charge in [-0.3, -0.25) is 9.78 Å². The Morgan fingerprint density at radius 3 is 3.07 bits per heavy atom. The summed E-state index contributed by atoms with van der Waals surface area (Å²) in [5.41, 5.74) is 4.35. The molecule has 4 aromatic rings. The van der Waals surface area contributed by atoms with Crippen LogP contribution in [0.15, 0.2) is 48.9 Å². The van der Waals surface area contributed by atoms with E-state index in [1.54, 1.807) is 6.20 Å². The van der Waals surface area contributed by atoms with E-state index in [9.17, 15) is 4.79 Å². The molecule has 0 saturated carbocycles. The van der Waals surface area contributed by atoms with Crippen molar-refractivity contribution in [2.45, 2.75) is 25.2 Å². The summed E-state index contributed by atoms with van der Waals surface area (Å²) in [6.45, 7) is 1.55. The summed E-state index contributed by atoms with van der Waals surface area (Å²) >= 11 is 0. The second-order valence-electron chi connectivity index (χ2n) is 7.58. The van der Waals surface area contributed by atoms with Gasteiger partial charge in [0.1, 0.15) is 5.82 Å². The molecule has 0 unspecified atom stereocenters. The number of H-pyrrole nitrogens is 1. The van der Waals surface area contributed by atoms with Gasteiger partial charge in [-0.25, -0.2) is 4.98 Å². The average molecular weight is 373 g/mol. The van der Waals surface area contributed by atoms with Gasteiger partial charge >= 0.3 is 0 Å². The zero-order valence-electron chi connectivity index (χ0n) is 15.9. The Labute approximate surface area is 163 Å². The molecule has 4 heterocycles. The largest absolute Gasteiger partial charge is 0.361 e. The quantitative estimate of drug-likeness (QED) is 0.596. The molecule has 1 aromatic carbocycles. The lowest BCUT2D eigenvalue weighted by atomic mass is 10.1. The summed E-state index contributed by atoms with van der Waals surface area (Å²) < 4.78 is 2.12. The number of aryl methyl sites for hydroxylation is 2. The maximum atomic E-state index is 12.8. The second-order valence-corrected chi connectivity index (χ2v) is 7.58. The van der Waals surface area contributed by atoms with Crippen molar-refractivity contribution >= 4 is 27.8 Å². The molecule has 5 rings (SSSR count). The molecule has 0 bridgehead atoms. The fourth-order valence-electron chi connectivity index (χ4n) is 4.35. The Morgan fingerprint density at radius 2 is 2.18 bits per heavy atom. The molecule has 28 heavy (non-hydrogen) atoms. The molecule has 1 atom stereocenters. The van der Waals surface area contributed by atoms with Gasteiger partial charge in [0, 0.05) is 55.8 Å². The van der Waals surface area contributed by atoms with E-state index < -0.39 is 0 Å². The van der Waals surface area contributed by atoms with Gasteiger partial charge in [0.15, 0.2) is 0 Å². The highest BCUT2D eigenvalue weighted by Gasteiger charge is 2.30. The highest BCUT2D eigenvalue weighted by Crippen LogP contribution is 2.29. The van der Waals surface area contributed by atoms with E-state index >= 15 is 0 Å². The van der Waals surface area contributed by atoms with E-state index in [4.69, 9.17) is 4.98 Å². The van der Waals surface area contributed by atoms with E-state index in [0.29, 0.717) is 6.42 Å². The molecule has 3 aromatic heterocycles. The molecule has 0 aliphatic carbocycles. The summed E-state index contributed by atoms with van der Waals surface area (Å²) in [4.78, 5) is 27.1. The van der Waals surface area contributed by atoms with Crippen LogP contribution in [-0.2, 0) is 18.3 Å². The molecule has 142 valence electrons. The molecule has 1 saturated heterocycles. The summed E-state index contributed by atoms with van der Waals surface area (Å²) in [5, 5.41) is 1.21. The lowest BCUT2D eigenvalue weighted by Gasteiger charge is -2.16. The summed E-state index contributed by atoms with van der Waals surface area (Å²) in [6.07, 6.45) is 7.92. The molecular formula is C22H23N5O. The standard InChI is InChI=1S/C22H23N5O/c1-26-20-13-23-10-8-19(20)25-22(26)16-9-11-27(14-16)21(28)7-6-15-12-24-18-5-3-2-4-17(15)18/h2-5,8,10,12-13,16,24H,6-7,9,11,14H2,1H3/t16-/m0/s1. The van der Waals surface area contributed by atoms with Crippen LogP contribution in [0.3, 0.4) is 0 Å². The molecule has 1 N–H and O–H groups in total. The summed E-state index contributed by atoms with van der Waals surface area (Å²) in [5.74, 6) is 1.57. The molecule has 1 amide bonds. The normalized spacial score (nSPS) is 17.0. The molecule has 0 spiro atoms. The average Bonchev–Trinajstić information content (AvgIpc) is 3.44. The number of para-hydroxylation sites is 1. The van der Waals surface area contributed by atoms with E-state index in [0.717, 1.165) is 48.3 Å². The van der Waals surface area contributed by atoms with Crippen molar-refractivity contribution in [2.75, 3.05) is 13.1 Å². The monoisotopic (exact) mass is 373 g/mol. The van der Waals surface area contributed by atoms with Crippen molar-refractivity contribution in [2.24, 2.45) is 7.05 Å². The topological polar surface area (TPSA) is 66.8 Å². The molecule has 6 nitrogen and oxygen atoms in total. The minimum absolute atomic E-state index is 0.230. The molecule has 1 fully saturated rings. The Morgan fingerprint density at radius 1 is 1.29 bits per heavy atom. The first kappa shape index (κ1) is 17.0. The van der Waals surface area contributed by atoms with Crippen LogP contribution in [0.4, 0.5) is 0 Å². The Balaban J connectivity index is 1.26. The fraction of sp³-hybridized carbons (Fsp3) is 0.318. The Bertz CT molecular complexity index is 1160. The number of benzene rings is 1. The van der Waals surface area contributed by atoms with Crippen molar-refractivity contribution < 1.29 is 4.79 Å². The Hall–Kier alpha value is -3.15. The van der Waals surface area contributed by atoms with E-state index in [2.05, 4.69) is 26.7 Å². The van der Waals surface area contributed by atoms with Crippen molar-refractivity contribution in [3.8, 4) is 0 Å². The van der Waals surface area contributed by atoms with Crippen molar-refractivity contribution in [3.05, 3.63) is 60.3 Å². The van der Waals surface area contributed by atoms with Gasteiger partial charge in [0.2, 0.25) is 5.91 Å². The van der Waals surface area contributed by atoms with E-state index in [1.807, 2.05) is 42.5 Å². The number of fused-ring (bicyclic) bond motifs is 2. The molecule has 1 aliphatic heterocycles. The van der Waals surface area contributed by atoms with Gasteiger partial charge in [-0.15, -0.1) is 0 Å². The van der Waals surface area contributed by atoms with Gasteiger partial charge < -0.3 is 14.5 Å². The number of likely N-dealkylation sites (tertiary alicyclic amines) is 1. The van der Waals surface area contributed by atoms with Crippen molar-refractivity contribution in [3.63, 3.8) is 0 Å². The first-order valence-electron chi connectivity index (χ1n) is 9.80. The van der Waals surface area contributed by atoms with Crippen LogP contribution in [0.2, 0.25) is 0 Å². The summed E-state index contributed by atoms with van der Waals surface area (Å²) in [7, 11) is 2.04. The number of nitrogens with one attached hydrogen (secondary N) is 1. The van der Waals surface area contributed by atoms with Crippen molar-refractivity contribution in [1.82, 2.24) is 24.4 Å². The molecule has 6 heteroatoms. The van der Waals surface area contributed by atoms with Crippen LogP contribution in [0.1, 0.15) is 30.1 Å². The van der Waals surface area contributed by atoms with Gasteiger partial charge in [-0.1, -0.05) is 18.2 Å². The number of rotatable bonds is 4. The Kier molecular flexibility index (Phi) is 4.11. The van der Waals surface area contributed by atoms with Gasteiger partial charge in [-0.05, 0) is 30.5 Å². The number of pyridine rings is 1. The van der Waals surface area contributed by atoms with E-state index in [-0.39, 0.29) is 11.8 Å². The highest BCUT2D eigenvalue weighted by molar-refractivity contribution is 5.84. The minimum atomic E-state index is 0.230. The lowest BCUT2D eigenvalue weighted by Crippen LogP contribution is -2.28. The van der Waals surface area contributed by atoms with Crippen LogP contribution in [0.25, 0.3) is 21.9 Å². The third-order valence-corrected chi connectivity index (χ3v) is 5.91. The van der Waals surface area contributed by atoms with Gasteiger partial charge in [0.25, 0.3) is 0 Å². The van der Waals surface area contributed by atoms with Crippen molar-refractivity contribution in [1.29, 1.82) is 0 Å². The number of carbonyl (C=O) groups is 1. The predicted molar refractivity (Wildman–Crippen MR) is 109 cm³/mol. The number of hydrogen-bond donors (Lipinski definition) is 1. The zero-order chi connectivity index (χ0) is 19.1. The number of hydrogen-bond acceptors (Lipinski definition) is 3. The number of amides is 1. The smallest absolute Gasteiger partial charge is 0.222 e. The van der Waals surface area contributed by atoms with Gasteiger partial charge in [0.05, 0.1) is 17.2 Å². The van der Waals surface area contributed by atoms with Crippen LogP contribution < -0.4 is 0 Å². The first-order chi connectivity index (χ1) is 13.7. The first-order valence-corrected chi connectivity index (χ1v) is 9.80. The van der Waals surface area contributed by atoms with Crippen LogP contribution >= 0.6 is 0 Å². The predicted octanol–water partition coefficient (Wildman–Crippen LogP) is 3.40. The van der Waals surface area contributed by atoms with Crippen LogP contribution in [0, 0.1) is 0 Å². The second kappa shape index (κ2) is 6.78. The highest BCUT2D eigenvalue weighted by atomic mass is 16.2. The maximum absolute atomic E-state index is 12.8. The van der Waals surface area contributed by atoms with Crippen LogP contribution in [-0.4, -0.2) is 43.4 Å². The third kappa shape index (κ3) is 2.85. The molecular weight excluding hydrogens is 350 g/mol. The minimum Gasteiger partial charge on any atom is -0.361 e. The SMILES string of the molecule is Cn1c([C@H]2CCN(C(=O)CCc3c[nH]c4ccccc34)C2)nc2ccncc21. The number of imidazole rings is 1. The fourth-order valence-corrected chi connectivity index (χ4v) is 4.35. The summed E-state index contributed by atoms with van der Waals surface area (Å²) in [6, 6.07) is 10.2. The number of nitrogens with zero attached hydrogens (tertiary/aromatic N) is 4. The van der Waals surface area contributed by atoms with E-state index in [1.165, 1.54) is 10.9 Å². The van der Waals surface area contributed by atoms with Gasteiger partial charge in [-0.2, -0.15) is 0 Å². The number of aromatic amines is 1. The lowest BCUT2D eigenvalue weighted by molar-refractivity contribution is -0.130. The zero-order valence-corrected chi connectivity index (χ0v) is 15.9. The maximum Gasteiger partial charge on any atom is 0.222 e. The number of carbonyl (C=O) groups excluding carboxylic acids is 1. The number of aromatic nitrogens is 4.